The van der Waals surface area contributed by atoms with Crippen molar-refractivity contribution in [2.24, 2.45) is 5.73 Å². The van der Waals surface area contributed by atoms with E-state index in [1.165, 1.54) is 11.3 Å². The lowest BCUT2D eigenvalue weighted by molar-refractivity contribution is 0.766. The van der Waals surface area contributed by atoms with Crippen molar-refractivity contribution in [3.8, 4) is 0 Å². The molecule has 0 fully saturated rings. The van der Waals surface area contributed by atoms with Gasteiger partial charge < -0.3 is 10.6 Å². The maximum absolute atomic E-state index is 5.77. The number of hydrogen-bond acceptors (Lipinski definition) is 3. The van der Waals surface area contributed by atoms with E-state index in [9.17, 15) is 0 Å². The molecule has 0 spiro atoms. The van der Waals surface area contributed by atoms with Crippen LogP contribution in [0, 0.1) is 0 Å². The molecule has 2 N–H and O–H groups in total. The fourth-order valence-corrected chi connectivity index (χ4v) is 1.86. The van der Waals surface area contributed by atoms with Gasteiger partial charge in [-0.2, -0.15) is 0 Å². The topological polar surface area (TPSA) is 42.1 Å². The summed E-state index contributed by atoms with van der Waals surface area (Å²) in [5.41, 5.74) is 9.40. The summed E-state index contributed by atoms with van der Waals surface area (Å²) in [6.07, 6.45) is 5.35. The highest BCUT2D eigenvalue weighted by Gasteiger charge is 2.10. The number of rotatable bonds is 2. The number of hydrogen-bond donors (Lipinski definition) is 1. The van der Waals surface area contributed by atoms with Crippen molar-refractivity contribution in [3.63, 3.8) is 0 Å². The molecule has 0 saturated carbocycles. The fourth-order valence-electron chi connectivity index (χ4n) is 1.86. The number of anilines is 1. The SMILES string of the molecule is CC1=CCN(c2ccc([C@H](C)N)nc2)CC1. The van der Waals surface area contributed by atoms with Gasteiger partial charge in [0.05, 0.1) is 17.6 Å². The van der Waals surface area contributed by atoms with Crippen molar-refractivity contribution < 1.29 is 0 Å². The van der Waals surface area contributed by atoms with E-state index >= 15 is 0 Å². The molecular weight excluding hydrogens is 198 g/mol. The molecule has 0 radical (unpaired) electrons. The zero-order chi connectivity index (χ0) is 11.5. The first-order valence-electron chi connectivity index (χ1n) is 5.79. The molecule has 0 unspecified atom stereocenters. The van der Waals surface area contributed by atoms with Gasteiger partial charge in [-0.05, 0) is 32.4 Å². The standard InChI is InChI=1S/C13H19N3/c1-10-5-7-16(8-6-10)12-3-4-13(11(2)14)15-9-12/h3-5,9,11H,6-8,14H2,1-2H3/t11-/m0/s1. The van der Waals surface area contributed by atoms with E-state index in [1.807, 2.05) is 19.2 Å². The summed E-state index contributed by atoms with van der Waals surface area (Å²) in [6, 6.07) is 4.14. The highest BCUT2D eigenvalue weighted by atomic mass is 15.1. The molecule has 1 aromatic rings. The molecule has 0 saturated heterocycles. The van der Waals surface area contributed by atoms with E-state index < -0.39 is 0 Å². The monoisotopic (exact) mass is 217 g/mol. The number of nitrogens with zero attached hydrogens (tertiary/aromatic N) is 2. The second-order valence-electron chi connectivity index (χ2n) is 4.48. The maximum Gasteiger partial charge on any atom is 0.0569 e. The molecule has 0 aliphatic carbocycles. The molecule has 0 amide bonds. The maximum atomic E-state index is 5.77. The highest BCUT2D eigenvalue weighted by molar-refractivity contribution is 5.46. The second kappa shape index (κ2) is 4.66. The third kappa shape index (κ3) is 2.42. The molecule has 0 bridgehead atoms. The van der Waals surface area contributed by atoms with Crippen molar-refractivity contribution in [3.05, 3.63) is 35.7 Å². The molecule has 3 heteroatoms. The van der Waals surface area contributed by atoms with Crippen LogP contribution >= 0.6 is 0 Å². The normalized spacial score (nSPS) is 18.2. The Hall–Kier alpha value is -1.35. The van der Waals surface area contributed by atoms with Gasteiger partial charge in [0, 0.05) is 19.1 Å². The van der Waals surface area contributed by atoms with E-state index in [4.69, 9.17) is 5.73 Å². The first-order chi connectivity index (χ1) is 7.66. The van der Waals surface area contributed by atoms with Gasteiger partial charge in [0.15, 0.2) is 0 Å². The van der Waals surface area contributed by atoms with Gasteiger partial charge in [0.25, 0.3) is 0 Å². The molecule has 1 aromatic heterocycles. The third-order valence-corrected chi connectivity index (χ3v) is 3.04. The summed E-state index contributed by atoms with van der Waals surface area (Å²) in [5.74, 6) is 0. The van der Waals surface area contributed by atoms with Crippen LogP contribution in [0.3, 0.4) is 0 Å². The molecular formula is C13H19N3. The van der Waals surface area contributed by atoms with Crippen molar-refractivity contribution in [1.82, 2.24) is 4.98 Å². The Balaban J connectivity index is 2.10. The molecule has 1 atom stereocenters. The van der Waals surface area contributed by atoms with Gasteiger partial charge in [-0.15, -0.1) is 0 Å². The molecule has 1 aliphatic heterocycles. The average Bonchev–Trinajstić information content (AvgIpc) is 2.30. The van der Waals surface area contributed by atoms with Crippen LogP contribution < -0.4 is 10.6 Å². The summed E-state index contributed by atoms with van der Waals surface area (Å²) in [5, 5.41) is 0. The van der Waals surface area contributed by atoms with Crippen LogP contribution in [0.5, 0.6) is 0 Å². The minimum absolute atomic E-state index is 0.0116. The molecule has 86 valence electrons. The van der Waals surface area contributed by atoms with Crippen LogP contribution in [0.4, 0.5) is 5.69 Å². The average molecular weight is 217 g/mol. The Kier molecular flexibility index (Phi) is 3.25. The van der Waals surface area contributed by atoms with Crippen molar-refractivity contribution in [2.75, 3.05) is 18.0 Å². The third-order valence-electron chi connectivity index (χ3n) is 3.04. The van der Waals surface area contributed by atoms with Crippen LogP contribution in [0.2, 0.25) is 0 Å². The predicted molar refractivity (Wildman–Crippen MR) is 67.4 cm³/mol. The van der Waals surface area contributed by atoms with Gasteiger partial charge in [-0.1, -0.05) is 11.6 Å². The van der Waals surface area contributed by atoms with Crippen LogP contribution in [0.15, 0.2) is 30.0 Å². The van der Waals surface area contributed by atoms with Gasteiger partial charge >= 0.3 is 0 Å². The summed E-state index contributed by atoms with van der Waals surface area (Å²) in [6.45, 7) is 6.22. The fraction of sp³-hybridized carbons (Fsp3) is 0.462. The van der Waals surface area contributed by atoms with Crippen molar-refractivity contribution in [2.45, 2.75) is 26.3 Å². The molecule has 2 heterocycles. The highest BCUT2D eigenvalue weighted by Crippen LogP contribution is 2.19. The van der Waals surface area contributed by atoms with Gasteiger partial charge in [-0.3, -0.25) is 4.98 Å². The smallest absolute Gasteiger partial charge is 0.0569 e. The molecule has 16 heavy (non-hydrogen) atoms. The van der Waals surface area contributed by atoms with Crippen LogP contribution in [0.1, 0.15) is 32.0 Å². The minimum Gasteiger partial charge on any atom is -0.366 e. The Labute approximate surface area is 97.0 Å². The number of pyridine rings is 1. The number of aromatic nitrogens is 1. The number of nitrogens with two attached hydrogens (primary N) is 1. The first-order valence-corrected chi connectivity index (χ1v) is 5.79. The van der Waals surface area contributed by atoms with E-state index in [0.717, 1.165) is 25.2 Å². The summed E-state index contributed by atoms with van der Waals surface area (Å²) in [7, 11) is 0. The van der Waals surface area contributed by atoms with Crippen molar-refractivity contribution >= 4 is 5.69 Å². The zero-order valence-corrected chi connectivity index (χ0v) is 9.98. The summed E-state index contributed by atoms with van der Waals surface area (Å²) < 4.78 is 0. The van der Waals surface area contributed by atoms with Crippen LogP contribution in [0.25, 0.3) is 0 Å². The van der Waals surface area contributed by atoms with E-state index in [-0.39, 0.29) is 6.04 Å². The Bertz CT molecular complexity index is 379. The van der Waals surface area contributed by atoms with Gasteiger partial charge in [-0.25, -0.2) is 0 Å². The summed E-state index contributed by atoms with van der Waals surface area (Å²) >= 11 is 0. The molecule has 0 aromatic carbocycles. The van der Waals surface area contributed by atoms with Crippen LogP contribution in [-0.2, 0) is 0 Å². The van der Waals surface area contributed by atoms with E-state index in [1.54, 1.807) is 0 Å². The van der Waals surface area contributed by atoms with Crippen molar-refractivity contribution in [1.29, 1.82) is 0 Å². The summed E-state index contributed by atoms with van der Waals surface area (Å²) in [4.78, 5) is 6.72. The van der Waals surface area contributed by atoms with Crippen LogP contribution in [-0.4, -0.2) is 18.1 Å². The molecule has 1 aliphatic rings. The molecule has 2 rings (SSSR count). The quantitative estimate of drug-likeness (QED) is 0.773. The first kappa shape index (κ1) is 11.1. The van der Waals surface area contributed by atoms with Gasteiger partial charge in [0.2, 0.25) is 0 Å². The molecule has 3 nitrogen and oxygen atoms in total. The second-order valence-corrected chi connectivity index (χ2v) is 4.48. The lowest BCUT2D eigenvalue weighted by Gasteiger charge is -2.27. The Morgan fingerprint density at radius 2 is 2.25 bits per heavy atom. The van der Waals surface area contributed by atoms with E-state index in [0.29, 0.717) is 0 Å². The zero-order valence-electron chi connectivity index (χ0n) is 9.98. The Morgan fingerprint density at radius 1 is 1.44 bits per heavy atom. The van der Waals surface area contributed by atoms with Gasteiger partial charge in [0.1, 0.15) is 0 Å². The minimum atomic E-state index is 0.0116. The van der Waals surface area contributed by atoms with E-state index in [2.05, 4.69) is 29.0 Å². The predicted octanol–water partition coefficient (Wildman–Crippen LogP) is 2.26. The lowest BCUT2D eigenvalue weighted by atomic mass is 10.1. The largest absolute Gasteiger partial charge is 0.366 e. The Morgan fingerprint density at radius 3 is 2.75 bits per heavy atom. The lowest BCUT2D eigenvalue weighted by Crippen LogP contribution is -2.28.